The zero-order valence-corrected chi connectivity index (χ0v) is 23.3. The maximum absolute atomic E-state index is 13.2. The topological polar surface area (TPSA) is 137 Å². The number of nitro benzene ring substituents is 1. The van der Waals surface area contributed by atoms with Crippen LogP contribution in [-0.2, 0) is 4.79 Å². The van der Waals surface area contributed by atoms with E-state index in [1.54, 1.807) is 86.0 Å². The fourth-order valence-corrected chi connectivity index (χ4v) is 3.94. The fraction of sp³-hybridized carbons (Fsp3) is 0.0606. The summed E-state index contributed by atoms with van der Waals surface area (Å²) in [6.45, 7) is 0. The van der Waals surface area contributed by atoms with Gasteiger partial charge in [0.05, 0.1) is 19.1 Å². The molecule has 216 valence electrons. The third-order valence-electron chi connectivity index (χ3n) is 6.23. The van der Waals surface area contributed by atoms with Crippen LogP contribution >= 0.6 is 0 Å². The second kappa shape index (κ2) is 14.0. The van der Waals surface area contributed by atoms with E-state index in [1.807, 2.05) is 0 Å². The Balaban J connectivity index is 1.50. The van der Waals surface area contributed by atoms with Crippen molar-refractivity contribution in [2.75, 3.05) is 19.5 Å². The van der Waals surface area contributed by atoms with Crippen LogP contribution < -0.4 is 20.1 Å². The predicted octanol–water partition coefficient (Wildman–Crippen LogP) is 5.92. The Morgan fingerprint density at radius 3 is 2.14 bits per heavy atom. The third kappa shape index (κ3) is 8.01. The maximum Gasteiger partial charge on any atom is 0.272 e. The van der Waals surface area contributed by atoms with Gasteiger partial charge in [0.15, 0.2) is 5.78 Å². The molecule has 2 amide bonds. The lowest BCUT2D eigenvalue weighted by molar-refractivity contribution is -0.384. The van der Waals surface area contributed by atoms with Crippen LogP contribution in [0.1, 0.15) is 31.8 Å². The molecule has 43 heavy (non-hydrogen) atoms. The monoisotopic (exact) mass is 577 g/mol. The highest BCUT2D eigenvalue weighted by molar-refractivity contribution is 6.11. The smallest absolute Gasteiger partial charge is 0.272 e. The van der Waals surface area contributed by atoms with Crippen LogP contribution in [0.5, 0.6) is 11.5 Å². The van der Waals surface area contributed by atoms with Crippen molar-refractivity contribution < 1.29 is 28.8 Å². The van der Waals surface area contributed by atoms with Crippen molar-refractivity contribution in [1.29, 1.82) is 0 Å². The van der Waals surface area contributed by atoms with Gasteiger partial charge in [-0.15, -0.1) is 0 Å². The van der Waals surface area contributed by atoms with Crippen LogP contribution in [-0.4, -0.2) is 36.7 Å². The van der Waals surface area contributed by atoms with Gasteiger partial charge in [-0.1, -0.05) is 18.2 Å². The van der Waals surface area contributed by atoms with E-state index in [2.05, 4.69) is 10.6 Å². The molecule has 0 fully saturated rings. The molecule has 4 aromatic rings. The minimum absolute atomic E-state index is 0.0840. The molecule has 0 atom stereocenters. The maximum atomic E-state index is 13.2. The zero-order chi connectivity index (χ0) is 30.8. The van der Waals surface area contributed by atoms with E-state index in [4.69, 9.17) is 9.47 Å². The van der Waals surface area contributed by atoms with Crippen LogP contribution in [0, 0.1) is 10.1 Å². The highest BCUT2D eigenvalue weighted by Gasteiger charge is 2.16. The molecule has 10 nitrogen and oxygen atoms in total. The second-order valence-corrected chi connectivity index (χ2v) is 9.06. The van der Waals surface area contributed by atoms with Crippen molar-refractivity contribution in [3.63, 3.8) is 0 Å². The number of non-ortho nitro benzene ring substituents is 1. The number of rotatable bonds is 11. The average molecular weight is 578 g/mol. The number of amides is 2. The lowest BCUT2D eigenvalue weighted by Gasteiger charge is -2.12. The van der Waals surface area contributed by atoms with Gasteiger partial charge < -0.3 is 20.1 Å². The van der Waals surface area contributed by atoms with Crippen molar-refractivity contribution in [3.05, 3.63) is 141 Å². The number of benzene rings is 4. The van der Waals surface area contributed by atoms with Crippen molar-refractivity contribution in [2.45, 2.75) is 0 Å². The highest BCUT2D eigenvalue weighted by atomic mass is 16.6. The lowest BCUT2D eigenvalue weighted by Crippen LogP contribution is -2.30. The molecule has 0 aliphatic rings. The van der Waals surface area contributed by atoms with Crippen molar-refractivity contribution in [1.82, 2.24) is 5.32 Å². The number of methoxy groups -OCH3 is 2. The minimum Gasteiger partial charge on any atom is -0.497 e. The minimum atomic E-state index is -0.631. The Morgan fingerprint density at radius 1 is 0.814 bits per heavy atom. The standard InChI is InChI=1S/C33H27N3O7/c1-42-28-18-12-24(31(21-28)43-2)13-19-30(37)23-10-14-26(15-11-23)34-33(39)29(35-32(38)25-6-4-3-5-7-25)20-22-8-16-27(17-9-22)36(40)41/h3-21H,1-2H3,(H,34,39)(H,35,38)/b19-13+,29-20-. The number of allylic oxidation sites excluding steroid dienone is 1. The van der Waals surface area contributed by atoms with E-state index in [9.17, 15) is 24.5 Å². The molecule has 2 N–H and O–H groups in total. The van der Waals surface area contributed by atoms with Gasteiger partial charge in [0.2, 0.25) is 0 Å². The summed E-state index contributed by atoms with van der Waals surface area (Å²) in [5.41, 5.74) is 2.08. The Labute approximate surface area is 247 Å². The molecule has 4 rings (SSSR count). The quantitative estimate of drug-likeness (QED) is 0.0977. The summed E-state index contributed by atoms with van der Waals surface area (Å²) in [7, 11) is 3.08. The number of anilines is 1. The number of hydrogen-bond acceptors (Lipinski definition) is 7. The van der Waals surface area contributed by atoms with Gasteiger partial charge in [0.25, 0.3) is 17.5 Å². The molecule has 0 aliphatic carbocycles. The molecule has 0 bridgehead atoms. The number of nitrogens with one attached hydrogen (secondary N) is 2. The first-order chi connectivity index (χ1) is 20.8. The molecule has 0 saturated carbocycles. The fourth-order valence-electron chi connectivity index (χ4n) is 3.94. The van der Waals surface area contributed by atoms with Crippen LogP contribution in [0.15, 0.2) is 109 Å². The Bertz CT molecular complexity index is 1700. The van der Waals surface area contributed by atoms with Gasteiger partial charge in [-0.2, -0.15) is 0 Å². The highest BCUT2D eigenvalue weighted by Crippen LogP contribution is 2.26. The van der Waals surface area contributed by atoms with Gasteiger partial charge in [-0.25, -0.2) is 0 Å². The molecule has 0 heterocycles. The first-order valence-corrected chi connectivity index (χ1v) is 13.0. The summed E-state index contributed by atoms with van der Waals surface area (Å²) in [4.78, 5) is 49.3. The molecule has 0 unspecified atom stereocenters. The Hall–Kier alpha value is -6.03. The molecule has 0 aliphatic heterocycles. The lowest BCUT2D eigenvalue weighted by atomic mass is 10.1. The van der Waals surface area contributed by atoms with Gasteiger partial charge in [-0.3, -0.25) is 24.5 Å². The summed E-state index contributed by atoms with van der Waals surface area (Å²) in [5, 5.41) is 16.3. The summed E-state index contributed by atoms with van der Waals surface area (Å²) in [6, 6.07) is 25.4. The predicted molar refractivity (Wildman–Crippen MR) is 163 cm³/mol. The van der Waals surface area contributed by atoms with E-state index >= 15 is 0 Å². The molecule has 0 radical (unpaired) electrons. The second-order valence-electron chi connectivity index (χ2n) is 9.06. The first kappa shape index (κ1) is 29.9. The van der Waals surface area contributed by atoms with Crippen LogP contribution in [0.2, 0.25) is 0 Å². The zero-order valence-electron chi connectivity index (χ0n) is 23.3. The largest absolute Gasteiger partial charge is 0.497 e. The number of ketones is 1. The van der Waals surface area contributed by atoms with Gasteiger partial charge in [0.1, 0.15) is 17.2 Å². The molecular formula is C33H27N3O7. The SMILES string of the molecule is COc1ccc(/C=C/C(=O)c2ccc(NC(=O)/C(=C/c3ccc([N+](=O)[O-])cc3)NC(=O)c3ccccc3)cc2)c(OC)c1. The van der Waals surface area contributed by atoms with E-state index < -0.39 is 16.7 Å². The molecule has 0 aromatic heterocycles. The van der Waals surface area contributed by atoms with Crippen molar-refractivity contribution >= 4 is 41.1 Å². The summed E-state index contributed by atoms with van der Waals surface area (Å²) in [5.74, 6) is -0.218. The number of carbonyl (C=O) groups excluding carboxylic acids is 3. The summed E-state index contributed by atoms with van der Waals surface area (Å²) < 4.78 is 10.6. The first-order valence-electron chi connectivity index (χ1n) is 13.0. The normalized spacial score (nSPS) is 11.1. The van der Waals surface area contributed by atoms with E-state index in [-0.39, 0.29) is 17.2 Å². The van der Waals surface area contributed by atoms with Crippen molar-refractivity contribution in [3.8, 4) is 11.5 Å². The van der Waals surface area contributed by atoms with Gasteiger partial charge in [0, 0.05) is 40.6 Å². The van der Waals surface area contributed by atoms with Crippen molar-refractivity contribution in [2.24, 2.45) is 0 Å². The molecule has 4 aromatic carbocycles. The molecular weight excluding hydrogens is 550 g/mol. The molecule has 0 spiro atoms. The Morgan fingerprint density at radius 2 is 1.51 bits per heavy atom. The van der Waals surface area contributed by atoms with Gasteiger partial charge >= 0.3 is 0 Å². The number of nitro groups is 1. The van der Waals surface area contributed by atoms with E-state index in [0.29, 0.717) is 39.4 Å². The van der Waals surface area contributed by atoms with Crippen LogP contribution in [0.3, 0.4) is 0 Å². The number of hydrogen-bond donors (Lipinski definition) is 2. The van der Waals surface area contributed by atoms with E-state index in [1.165, 1.54) is 43.5 Å². The number of carbonyl (C=O) groups is 3. The number of ether oxygens (including phenoxy) is 2. The van der Waals surface area contributed by atoms with Crippen LogP contribution in [0.4, 0.5) is 11.4 Å². The van der Waals surface area contributed by atoms with E-state index in [0.717, 1.165) is 0 Å². The van der Waals surface area contributed by atoms with Gasteiger partial charge in [-0.05, 0) is 84.5 Å². The third-order valence-corrected chi connectivity index (χ3v) is 6.23. The number of nitrogens with zero attached hydrogens (tertiary/aromatic N) is 1. The summed E-state index contributed by atoms with van der Waals surface area (Å²) >= 11 is 0. The Kier molecular flexibility index (Phi) is 9.78. The average Bonchev–Trinajstić information content (AvgIpc) is 3.04. The van der Waals surface area contributed by atoms with Crippen LogP contribution in [0.25, 0.3) is 12.2 Å². The molecule has 0 saturated heterocycles. The summed E-state index contributed by atoms with van der Waals surface area (Å²) in [6.07, 6.45) is 4.47. The molecule has 10 heteroatoms.